The predicted octanol–water partition coefficient (Wildman–Crippen LogP) is 2.31. The van der Waals surface area contributed by atoms with E-state index in [0.29, 0.717) is 6.54 Å². The number of benzene rings is 1. The van der Waals surface area contributed by atoms with Gasteiger partial charge in [0.2, 0.25) is 10.0 Å². The Bertz CT molecular complexity index is 1220. The van der Waals surface area contributed by atoms with Crippen molar-refractivity contribution in [2.24, 2.45) is 5.14 Å². The van der Waals surface area contributed by atoms with Gasteiger partial charge in [0, 0.05) is 24.5 Å². The largest absolute Gasteiger partial charge is 0.379 e. The van der Waals surface area contributed by atoms with Crippen molar-refractivity contribution < 1.29 is 13.2 Å². The first kappa shape index (κ1) is 21.7. The van der Waals surface area contributed by atoms with Crippen molar-refractivity contribution in [3.8, 4) is 0 Å². The highest BCUT2D eigenvalue weighted by Gasteiger charge is 2.23. The monoisotopic (exact) mass is 473 g/mol. The molecule has 0 atom stereocenters. The van der Waals surface area contributed by atoms with E-state index in [1.807, 2.05) is 23.5 Å². The Morgan fingerprint density at radius 1 is 1.12 bits per heavy atom. The Labute approximate surface area is 191 Å². The molecule has 3 aromatic rings. The summed E-state index contributed by atoms with van der Waals surface area (Å²) in [4.78, 5) is 14.8. The second-order valence-electron chi connectivity index (χ2n) is 8.28. The van der Waals surface area contributed by atoms with Crippen LogP contribution in [0, 0.1) is 0 Å². The number of nitrogens with zero attached hydrogens (tertiary/aromatic N) is 3. The second kappa shape index (κ2) is 9.03. The number of aromatic nitrogens is 2. The molecule has 3 N–H and O–H groups in total. The third-order valence-corrected chi connectivity index (χ3v) is 8.15. The van der Waals surface area contributed by atoms with Crippen LogP contribution < -0.4 is 10.5 Å². The molecule has 3 heterocycles. The SMILES string of the molecule is NS(=O)(=O)c1ccc(CCNc2nc(CN3CCOCC3)nc3sc4c(c23)CCC4)cc1. The molecule has 10 heteroatoms. The molecule has 0 saturated carbocycles. The first-order chi connectivity index (χ1) is 15.5. The lowest BCUT2D eigenvalue weighted by Crippen LogP contribution is -2.36. The van der Waals surface area contributed by atoms with E-state index in [1.54, 1.807) is 12.1 Å². The molecule has 1 aliphatic heterocycles. The van der Waals surface area contributed by atoms with Crippen LogP contribution in [-0.2, 0) is 40.6 Å². The van der Waals surface area contributed by atoms with Crippen molar-refractivity contribution in [1.82, 2.24) is 14.9 Å². The van der Waals surface area contributed by atoms with E-state index in [-0.39, 0.29) is 4.90 Å². The van der Waals surface area contributed by atoms with Crippen molar-refractivity contribution in [3.05, 3.63) is 46.1 Å². The number of hydrogen-bond donors (Lipinski definition) is 2. The number of hydrogen-bond acceptors (Lipinski definition) is 8. The molecule has 8 nitrogen and oxygen atoms in total. The molecule has 0 amide bonds. The highest BCUT2D eigenvalue weighted by atomic mass is 32.2. The third-order valence-electron chi connectivity index (χ3n) is 6.04. The van der Waals surface area contributed by atoms with Crippen LogP contribution in [0.1, 0.15) is 28.2 Å². The highest BCUT2D eigenvalue weighted by molar-refractivity contribution is 7.89. The summed E-state index contributed by atoms with van der Waals surface area (Å²) in [6.07, 6.45) is 4.17. The number of morpholine rings is 1. The molecule has 1 aliphatic carbocycles. The van der Waals surface area contributed by atoms with Crippen LogP contribution in [0.5, 0.6) is 0 Å². The minimum absolute atomic E-state index is 0.133. The van der Waals surface area contributed by atoms with E-state index in [0.717, 1.165) is 74.1 Å². The van der Waals surface area contributed by atoms with Crippen molar-refractivity contribution in [2.75, 3.05) is 38.2 Å². The van der Waals surface area contributed by atoms with Crippen molar-refractivity contribution in [1.29, 1.82) is 0 Å². The molecule has 1 saturated heterocycles. The number of thiophene rings is 1. The number of fused-ring (bicyclic) bond motifs is 3. The van der Waals surface area contributed by atoms with Crippen LogP contribution in [0.25, 0.3) is 10.2 Å². The molecular formula is C22H27N5O3S2. The second-order valence-corrected chi connectivity index (χ2v) is 10.9. The van der Waals surface area contributed by atoms with Crippen LogP contribution in [0.4, 0.5) is 5.82 Å². The fourth-order valence-corrected chi connectivity index (χ4v) is 6.16. The number of rotatable bonds is 7. The summed E-state index contributed by atoms with van der Waals surface area (Å²) < 4.78 is 28.4. The molecule has 2 aromatic heterocycles. The third kappa shape index (κ3) is 4.65. The molecule has 1 fully saturated rings. The number of aryl methyl sites for hydroxylation is 2. The number of nitrogens with one attached hydrogen (secondary N) is 1. The number of ether oxygens (including phenoxy) is 1. The van der Waals surface area contributed by atoms with Gasteiger partial charge in [-0.2, -0.15) is 0 Å². The van der Waals surface area contributed by atoms with E-state index in [9.17, 15) is 8.42 Å². The van der Waals surface area contributed by atoms with E-state index in [1.165, 1.54) is 22.2 Å². The van der Waals surface area contributed by atoms with E-state index >= 15 is 0 Å². The molecule has 0 spiro atoms. The van der Waals surface area contributed by atoms with E-state index < -0.39 is 10.0 Å². The molecular weight excluding hydrogens is 446 g/mol. The van der Waals surface area contributed by atoms with Gasteiger partial charge in [-0.25, -0.2) is 23.5 Å². The highest BCUT2D eigenvalue weighted by Crippen LogP contribution is 2.39. The number of anilines is 1. The zero-order valence-corrected chi connectivity index (χ0v) is 19.5. The zero-order chi connectivity index (χ0) is 22.1. The maximum atomic E-state index is 11.5. The van der Waals surface area contributed by atoms with Gasteiger partial charge in [0.25, 0.3) is 0 Å². The molecule has 5 rings (SSSR count). The first-order valence-electron chi connectivity index (χ1n) is 10.9. The smallest absolute Gasteiger partial charge is 0.238 e. The van der Waals surface area contributed by atoms with Gasteiger partial charge < -0.3 is 10.1 Å². The number of nitrogens with two attached hydrogens (primary N) is 1. The molecule has 1 aromatic carbocycles. The number of sulfonamides is 1. The lowest BCUT2D eigenvalue weighted by atomic mass is 10.1. The summed E-state index contributed by atoms with van der Waals surface area (Å²) in [5.74, 6) is 1.76. The van der Waals surface area contributed by atoms with Crippen molar-refractivity contribution in [2.45, 2.75) is 37.1 Å². The van der Waals surface area contributed by atoms with Gasteiger partial charge in [-0.1, -0.05) is 12.1 Å². The Morgan fingerprint density at radius 3 is 2.66 bits per heavy atom. The van der Waals surface area contributed by atoms with Crippen LogP contribution in [-0.4, -0.2) is 56.1 Å². The van der Waals surface area contributed by atoms with Gasteiger partial charge in [0.05, 0.1) is 30.0 Å². The fourth-order valence-electron chi connectivity index (χ4n) is 4.37. The van der Waals surface area contributed by atoms with Crippen molar-refractivity contribution in [3.63, 3.8) is 0 Å². The lowest BCUT2D eigenvalue weighted by molar-refractivity contribution is 0.0331. The van der Waals surface area contributed by atoms with Gasteiger partial charge >= 0.3 is 0 Å². The van der Waals surface area contributed by atoms with Gasteiger partial charge in [0.15, 0.2) is 0 Å². The van der Waals surface area contributed by atoms with Crippen LogP contribution in [0.15, 0.2) is 29.2 Å². The maximum absolute atomic E-state index is 11.5. The Kier molecular flexibility index (Phi) is 6.13. The number of primary sulfonamides is 1. The summed E-state index contributed by atoms with van der Waals surface area (Å²) >= 11 is 1.81. The first-order valence-corrected chi connectivity index (χ1v) is 13.3. The minimum atomic E-state index is -3.67. The Hall–Kier alpha value is -2.11. The van der Waals surface area contributed by atoms with Crippen LogP contribution in [0.2, 0.25) is 0 Å². The summed E-state index contributed by atoms with van der Waals surface area (Å²) in [6, 6.07) is 6.73. The average Bonchev–Trinajstić information content (AvgIpc) is 3.35. The fraction of sp³-hybridized carbons (Fsp3) is 0.455. The molecule has 170 valence electrons. The minimum Gasteiger partial charge on any atom is -0.379 e. The molecule has 32 heavy (non-hydrogen) atoms. The Balaban J connectivity index is 1.35. The summed E-state index contributed by atoms with van der Waals surface area (Å²) in [5.41, 5.74) is 2.45. The van der Waals surface area contributed by atoms with Gasteiger partial charge in [0.1, 0.15) is 16.5 Å². The average molecular weight is 474 g/mol. The Morgan fingerprint density at radius 2 is 1.91 bits per heavy atom. The van der Waals surface area contributed by atoms with Crippen LogP contribution in [0.3, 0.4) is 0 Å². The standard InChI is InChI=1S/C22H27N5O3S2/c23-32(28,29)16-6-4-15(5-7-16)8-9-24-21-20-17-2-1-3-18(17)31-22(20)26-19(25-21)14-27-10-12-30-13-11-27/h4-7H,1-3,8-14H2,(H2,23,28,29)(H,24,25,26). The van der Waals surface area contributed by atoms with Gasteiger partial charge in [-0.3, -0.25) is 4.90 Å². The predicted molar refractivity (Wildman–Crippen MR) is 126 cm³/mol. The molecule has 0 radical (unpaired) electrons. The summed E-state index contributed by atoms with van der Waals surface area (Å²) in [6.45, 7) is 4.74. The maximum Gasteiger partial charge on any atom is 0.238 e. The molecule has 0 unspecified atom stereocenters. The van der Waals surface area contributed by atoms with Crippen molar-refractivity contribution >= 4 is 37.4 Å². The topological polar surface area (TPSA) is 110 Å². The summed E-state index contributed by atoms with van der Waals surface area (Å²) in [7, 11) is -3.67. The normalized spacial score (nSPS) is 17.0. The zero-order valence-electron chi connectivity index (χ0n) is 17.8. The lowest BCUT2D eigenvalue weighted by Gasteiger charge is -2.25. The van der Waals surface area contributed by atoms with Crippen LogP contribution >= 0.6 is 11.3 Å². The quantitative estimate of drug-likeness (QED) is 0.542. The molecule has 2 aliphatic rings. The summed E-state index contributed by atoms with van der Waals surface area (Å²) in [5, 5.41) is 9.91. The molecule has 0 bridgehead atoms. The van der Waals surface area contributed by atoms with E-state index in [2.05, 4.69) is 10.2 Å². The van der Waals surface area contributed by atoms with Gasteiger partial charge in [-0.15, -0.1) is 11.3 Å². The van der Waals surface area contributed by atoms with Gasteiger partial charge in [-0.05, 0) is 48.9 Å². The van der Waals surface area contributed by atoms with E-state index in [4.69, 9.17) is 19.8 Å².